The summed E-state index contributed by atoms with van der Waals surface area (Å²) in [4.78, 5) is 25.7. The minimum Gasteiger partial charge on any atom is -0.324 e. The van der Waals surface area contributed by atoms with Crippen LogP contribution >= 0.6 is 7.60 Å². The molecule has 0 saturated carbocycles. The molecule has 48 valence electrons. The molecule has 0 spiro atoms. The van der Waals surface area contributed by atoms with E-state index in [1.165, 1.54) is 0 Å². The lowest BCUT2D eigenvalue weighted by atomic mass is 10.6. The molecule has 0 saturated heterocycles. The van der Waals surface area contributed by atoms with Crippen LogP contribution in [0.1, 0.15) is 6.42 Å². The highest BCUT2D eigenvalue weighted by Gasteiger charge is 2.10. The monoisotopic (exact) mass is 138 g/mol. The van der Waals surface area contributed by atoms with Crippen LogP contribution in [0, 0.1) is 0 Å². The molecule has 0 aliphatic heterocycles. The molecule has 0 fully saturated rings. The zero-order valence-electron chi connectivity index (χ0n) is 4.15. The lowest BCUT2D eigenvalue weighted by molar-refractivity contribution is -0.107. The van der Waals surface area contributed by atoms with E-state index in [0.29, 0.717) is 6.29 Å². The van der Waals surface area contributed by atoms with Crippen LogP contribution in [-0.2, 0) is 9.36 Å². The van der Waals surface area contributed by atoms with Crippen LogP contribution < -0.4 is 0 Å². The quantitative estimate of drug-likeness (QED) is 0.416. The Kier molecular flexibility index (Phi) is 2.90. The van der Waals surface area contributed by atoms with Gasteiger partial charge in [0.25, 0.3) is 0 Å². The van der Waals surface area contributed by atoms with E-state index >= 15 is 0 Å². The molecule has 0 aliphatic carbocycles. The highest BCUT2D eigenvalue weighted by molar-refractivity contribution is 7.51. The smallest absolute Gasteiger partial charge is 0.324 e. The fourth-order valence-electron chi connectivity index (χ4n) is 0.221. The average molecular weight is 138 g/mol. The van der Waals surface area contributed by atoms with Gasteiger partial charge in [-0.05, 0) is 0 Å². The highest BCUT2D eigenvalue weighted by Crippen LogP contribution is 2.34. The number of rotatable bonds is 3. The SMILES string of the molecule is O=CCCP(=O)(O)O. The maximum absolute atomic E-state index is 9.93. The fourth-order valence-corrected chi connectivity index (χ4v) is 0.663. The first kappa shape index (κ1) is 7.82. The van der Waals surface area contributed by atoms with Gasteiger partial charge in [0, 0.05) is 6.42 Å². The Labute approximate surface area is 46.7 Å². The summed E-state index contributed by atoms with van der Waals surface area (Å²) in [6, 6.07) is 0. The molecular weight excluding hydrogens is 131 g/mol. The van der Waals surface area contributed by atoms with Crippen LogP contribution in [0.15, 0.2) is 0 Å². The maximum Gasteiger partial charge on any atom is 0.325 e. The minimum absolute atomic E-state index is 0.0652. The largest absolute Gasteiger partial charge is 0.325 e. The number of hydrogen-bond donors (Lipinski definition) is 2. The minimum atomic E-state index is -3.91. The first-order chi connectivity index (χ1) is 3.56. The van der Waals surface area contributed by atoms with E-state index in [1.54, 1.807) is 0 Å². The van der Waals surface area contributed by atoms with E-state index in [2.05, 4.69) is 0 Å². The third-order valence-electron chi connectivity index (χ3n) is 0.538. The summed E-state index contributed by atoms with van der Waals surface area (Å²) >= 11 is 0. The van der Waals surface area contributed by atoms with Crippen LogP contribution in [0.25, 0.3) is 0 Å². The number of aldehydes is 1. The van der Waals surface area contributed by atoms with Crippen LogP contribution in [0.4, 0.5) is 0 Å². The summed E-state index contributed by atoms with van der Waals surface area (Å²) in [6.07, 6.45) is 0.0832. The lowest BCUT2D eigenvalue weighted by Crippen LogP contribution is -1.86. The van der Waals surface area contributed by atoms with Crippen molar-refractivity contribution >= 4 is 13.9 Å². The second-order valence-electron chi connectivity index (χ2n) is 1.34. The number of hydrogen-bond acceptors (Lipinski definition) is 2. The van der Waals surface area contributed by atoms with Crippen molar-refractivity contribution in [3.63, 3.8) is 0 Å². The van der Waals surface area contributed by atoms with Gasteiger partial charge >= 0.3 is 7.60 Å². The van der Waals surface area contributed by atoms with Crippen molar-refractivity contribution in [2.75, 3.05) is 6.16 Å². The van der Waals surface area contributed by atoms with Gasteiger partial charge in [-0.3, -0.25) is 4.57 Å². The lowest BCUT2D eigenvalue weighted by Gasteiger charge is -1.96. The predicted molar refractivity (Wildman–Crippen MR) is 27.6 cm³/mol. The van der Waals surface area contributed by atoms with Crippen molar-refractivity contribution in [3.8, 4) is 0 Å². The molecule has 8 heavy (non-hydrogen) atoms. The van der Waals surface area contributed by atoms with Gasteiger partial charge in [-0.15, -0.1) is 0 Å². The molecule has 0 bridgehead atoms. The summed E-state index contributed by atoms with van der Waals surface area (Å²) in [5.41, 5.74) is 0. The molecule has 0 aliphatic rings. The normalized spacial score (nSPS) is 11.2. The van der Waals surface area contributed by atoms with E-state index < -0.39 is 7.60 Å². The Balaban J connectivity index is 3.40. The van der Waals surface area contributed by atoms with Gasteiger partial charge in [-0.2, -0.15) is 0 Å². The molecule has 2 N–H and O–H groups in total. The molecule has 0 radical (unpaired) electrons. The molecular formula is C3H7O4P. The van der Waals surface area contributed by atoms with E-state index in [-0.39, 0.29) is 12.6 Å². The van der Waals surface area contributed by atoms with Gasteiger partial charge in [0.2, 0.25) is 0 Å². The molecule has 0 amide bonds. The number of carbonyl (C=O) groups excluding carboxylic acids is 1. The second-order valence-corrected chi connectivity index (χ2v) is 3.12. The maximum atomic E-state index is 9.93. The van der Waals surface area contributed by atoms with Crippen LogP contribution in [0.5, 0.6) is 0 Å². The van der Waals surface area contributed by atoms with Crippen molar-refractivity contribution in [2.45, 2.75) is 6.42 Å². The van der Waals surface area contributed by atoms with Crippen molar-refractivity contribution in [1.29, 1.82) is 0 Å². The summed E-state index contributed by atoms with van der Waals surface area (Å²) < 4.78 is 9.93. The standard InChI is InChI=1S/C3H7O4P/c4-2-1-3-8(5,6)7/h2H,1,3H2,(H2,5,6,7). The van der Waals surface area contributed by atoms with Crippen LogP contribution in [0.2, 0.25) is 0 Å². The molecule has 0 atom stereocenters. The summed E-state index contributed by atoms with van der Waals surface area (Å²) in [5.74, 6) is 0. The Hall–Kier alpha value is -0.180. The first-order valence-corrected chi connectivity index (χ1v) is 3.84. The molecule has 0 rings (SSSR count). The Bertz CT molecular complexity index is 114. The Morgan fingerprint density at radius 3 is 2.12 bits per heavy atom. The van der Waals surface area contributed by atoms with Gasteiger partial charge < -0.3 is 14.6 Å². The Morgan fingerprint density at radius 2 is 2.00 bits per heavy atom. The topological polar surface area (TPSA) is 74.6 Å². The van der Waals surface area contributed by atoms with Crippen molar-refractivity contribution in [1.82, 2.24) is 0 Å². The Morgan fingerprint density at radius 1 is 1.50 bits per heavy atom. The molecule has 0 aromatic rings. The van der Waals surface area contributed by atoms with Gasteiger partial charge in [0.1, 0.15) is 6.29 Å². The average Bonchev–Trinajstić information content (AvgIpc) is 1.59. The van der Waals surface area contributed by atoms with Gasteiger partial charge in [-0.25, -0.2) is 0 Å². The van der Waals surface area contributed by atoms with E-state index in [4.69, 9.17) is 9.79 Å². The third-order valence-corrected chi connectivity index (χ3v) is 1.38. The summed E-state index contributed by atoms with van der Waals surface area (Å²) in [7, 11) is -3.91. The predicted octanol–water partition coefficient (Wildman–Crippen LogP) is -0.247. The van der Waals surface area contributed by atoms with Crippen molar-refractivity contribution in [3.05, 3.63) is 0 Å². The molecule has 0 aromatic carbocycles. The fraction of sp³-hybridized carbons (Fsp3) is 0.667. The van der Waals surface area contributed by atoms with Crippen LogP contribution in [0.3, 0.4) is 0 Å². The molecule has 4 nitrogen and oxygen atoms in total. The van der Waals surface area contributed by atoms with Gasteiger partial charge in [0.05, 0.1) is 6.16 Å². The van der Waals surface area contributed by atoms with E-state index in [0.717, 1.165) is 0 Å². The highest BCUT2D eigenvalue weighted by atomic mass is 31.2. The molecule has 5 heteroatoms. The number of carbonyl (C=O) groups is 1. The summed E-state index contributed by atoms with van der Waals surface area (Å²) in [6.45, 7) is 0. The molecule has 0 heterocycles. The second kappa shape index (κ2) is 2.97. The summed E-state index contributed by atoms with van der Waals surface area (Å²) in [5, 5.41) is 0. The van der Waals surface area contributed by atoms with Gasteiger partial charge in [-0.1, -0.05) is 0 Å². The van der Waals surface area contributed by atoms with Crippen molar-refractivity contribution in [2.24, 2.45) is 0 Å². The van der Waals surface area contributed by atoms with E-state index in [9.17, 15) is 9.36 Å². The van der Waals surface area contributed by atoms with Gasteiger partial charge in [0.15, 0.2) is 0 Å². The van der Waals surface area contributed by atoms with Crippen molar-refractivity contribution < 1.29 is 19.1 Å². The van der Waals surface area contributed by atoms with E-state index in [1.807, 2.05) is 0 Å². The van der Waals surface area contributed by atoms with Crippen LogP contribution in [-0.4, -0.2) is 22.2 Å². The third kappa shape index (κ3) is 5.82. The zero-order chi connectivity index (χ0) is 6.62. The first-order valence-electron chi connectivity index (χ1n) is 2.04. The molecule has 0 unspecified atom stereocenters. The zero-order valence-corrected chi connectivity index (χ0v) is 5.04. The molecule has 0 aromatic heterocycles.